The van der Waals surface area contributed by atoms with E-state index in [9.17, 15) is 9.18 Å². The number of imidazole rings is 1. The number of carbonyl (C=O) groups excluding carboxylic acids is 1. The molecule has 1 aromatic heterocycles. The van der Waals surface area contributed by atoms with Crippen LogP contribution in [0.3, 0.4) is 0 Å². The van der Waals surface area contributed by atoms with E-state index in [1.165, 1.54) is 0 Å². The maximum atomic E-state index is 14.3. The smallest absolute Gasteiger partial charge is 0.286 e. The Morgan fingerprint density at radius 2 is 1.68 bits per heavy atom. The van der Waals surface area contributed by atoms with Crippen molar-refractivity contribution in [2.75, 3.05) is 13.1 Å². The summed E-state index contributed by atoms with van der Waals surface area (Å²) in [6, 6.07) is 11.8. The van der Waals surface area contributed by atoms with E-state index >= 15 is 0 Å². The Bertz CT molecular complexity index is 1090. The highest BCUT2D eigenvalue weighted by molar-refractivity contribution is 6.36. The van der Waals surface area contributed by atoms with Crippen molar-refractivity contribution in [3.63, 3.8) is 0 Å². The van der Waals surface area contributed by atoms with E-state index in [0.717, 1.165) is 32.4 Å². The number of benzene rings is 2. The third-order valence-electron chi connectivity index (χ3n) is 5.19. The molecule has 0 unspecified atom stereocenters. The number of nitrogens with zero attached hydrogens (tertiary/aromatic N) is 3. The van der Waals surface area contributed by atoms with Crippen LogP contribution in [0.1, 0.15) is 35.4 Å². The summed E-state index contributed by atoms with van der Waals surface area (Å²) in [5, 5.41) is 3.21. The van der Waals surface area contributed by atoms with Crippen molar-refractivity contribution >= 4 is 40.7 Å². The quantitative estimate of drug-likeness (QED) is 0.479. The molecule has 3 aromatic rings. The molecule has 1 amide bonds. The number of amides is 1. The number of nitrogens with one attached hydrogen (secondary N) is 1. The fourth-order valence-electron chi connectivity index (χ4n) is 3.68. The zero-order chi connectivity index (χ0) is 22.0. The van der Waals surface area contributed by atoms with Gasteiger partial charge in [0.1, 0.15) is 12.5 Å². The van der Waals surface area contributed by atoms with Crippen molar-refractivity contribution in [2.24, 2.45) is 0 Å². The highest BCUT2D eigenvalue weighted by atomic mass is 35.5. The minimum Gasteiger partial charge on any atom is -0.293 e. The van der Waals surface area contributed by atoms with Crippen LogP contribution >= 0.6 is 34.8 Å². The lowest BCUT2D eigenvalue weighted by molar-refractivity contribution is 0.0743. The van der Waals surface area contributed by atoms with Crippen molar-refractivity contribution in [3.05, 3.63) is 68.9 Å². The number of aromatic nitrogens is 2. The highest BCUT2D eigenvalue weighted by Gasteiger charge is 2.26. The standard InChI is InChI=1S/C22H20Cl3FN4O/c23-14-4-7-16(8-5-14)30-19(13-26)20(22(31)28-29-10-2-1-3-11-29)27-21(30)17-9-6-15(24)12-18(17)25/h4-9,12H,1-3,10-11,13H2,(H,28,31). The van der Waals surface area contributed by atoms with Gasteiger partial charge in [-0.15, -0.1) is 0 Å². The van der Waals surface area contributed by atoms with Crippen LogP contribution in [-0.4, -0.2) is 33.6 Å². The molecule has 1 aliphatic heterocycles. The topological polar surface area (TPSA) is 50.2 Å². The lowest BCUT2D eigenvalue weighted by Gasteiger charge is -2.26. The summed E-state index contributed by atoms with van der Waals surface area (Å²) in [5.74, 6) is -0.103. The molecule has 0 saturated carbocycles. The predicted molar refractivity (Wildman–Crippen MR) is 122 cm³/mol. The Morgan fingerprint density at radius 1 is 1.00 bits per heavy atom. The van der Waals surface area contributed by atoms with Crippen LogP contribution in [0.2, 0.25) is 15.1 Å². The molecule has 2 heterocycles. The Balaban J connectivity index is 1.84. The Hall–Kier alpha value is -2.12. The Morgan fingerprint density at radius 3 is 2.32 bits per heavy atom. The monoisotopic (exact) mass is 480 g/mol. The van der Waals surface area contributed by atoms with Crippen LogP contribution in [0.5, 0.6) is 0 Å². The molecule has 162 valence electrons. The molecule has 4 rings (SSSR count). The molecular weight excluding hydrogens is 462 g/mol. The number of alkyl halides is 1. The maximum absolute atomic E-state index is 14.3. The van der Waals surface area contributed by atoms with E-state index in [-0.39, 0.29) is 11.4 Å². The maximum Gasteiger partial charge on any atom is 0.286 e. The van der Waals surface area contributed by atoms with Crippen LogP contribution in [0, 0.1) is 0 Å². The van der Waals surface area contributed by atoms with E-state index in [4.69, 9.17) is 34.8 Å². The summed E-state index contributed by atoms with van der Waals surface area (Å²) in [4.78, 5) is 17.6. The molecule has 1 N–H and O–H groups in total. The number of hydrogen-bond donors (Lipinski definition) is 1. The summed E-state index contributed by atoms with van der Waals surface area (Å²) in [6.45, 7) is 0.624. The molecule has 0 aliphatic carbocycles. The Kier molecular flexibility index (Phi) is 6.82. The van der Waals surface area contributed by atoms with E-state index in [2.05, 4.69) is 10.4 Å². The van der Waals surface area contributed by atoms with Crippen LogP contribution in [0.25, 0.3) is 17.1 Å². The first kappa shape index (κ1) is 22.1. The minimum absolute atomic E-state index is 0.0176. The van der Waals surface area contributed by atoms with E-state index < -0.39 is 12.6 Å². The second-order valence-corrected chi connectivity index (χ2v) is 8.57. The lowest BCUT2D eigenvalue weighted by Crippen LogP contribution is -2.45. The second-order valence-electron chi connectivity index (χ2n) is 7.29. The number of hydrazine groups is 1. The van der Waals surface area contributed by atoms with Gasteiger partial charge in [-0.2, -0.15) is 0 Å². The summed E-state index contributed by atoms with van der Waals surface area (Å²) in [5.41, 5.74) is 4.17. The van der Waals surface area contributed by atoms with Crippen LogP contribution in [0.15, 0.2) is 42.5 Å². The molecule has 0 radical (unpaired) electrons. The number of hydrogen-bond acceptors (Lipinski definition) is 3. The third kappa shape index (κ3) is 4.72. The average Bonchev–Trinajstić information content (AvgIpc) is 3.14. The number of piperidine rings is 1. The van der Waals surface area contributed by atoms with Crippen LogP contribution < -0.4 is 5.43 Å². The summed E-state index contributed by atoms with van der Waals surface area (Å²) < 4.78 is 15.9. The van der Waals surface area contributed by atoms with Gasteiger partial charge in [0.05, 0.1) is 10.7 Å². The fourth-order valence-corrected chi connectivity index (χ4v) is 4.30. The molecular formula is C22H20Cl3FN4O. The van der Waals surface area contributed by atoms with Crippen molar-refractivity contribution in [1.29, 1.82) is 0 Å². The first-order valence-corrected chi connectivity index (χ1v) is 11.1. The van der Waals surface area contributed by atoms with Crippen molar-refractivity contribution in [3.8, 4) is 17.1 Å². The van der Waals surface area contributed by atoms with Gasteiger partial charge in [0.2, 0.25) is 0 Å². The van der Waals surface area contributed by atoms with Gasteiger partial charge in [0.15, 0.2) is 5.69 Å². The molecule has 0 spiro atoms. The van der Waals surface area contributed by atoms with Gasteiger partial charge in [0, 0.05) is 34.4 Å². The molecule has 2 aromatic carbocycles. The molecule has 31 heavy (non-hydrogen) atoms. The van der Waals surface area contributed by atoms with Gasteiger partial charge in [-0.05, 0) is 55.3 Å². The SMILES string of the molecule is O=C(NN1CCCCC1)c1nc(-c2ccc(Cl)cc2Cl)n(-c2ccc(Cl)cc2)c1CF. The number of rotatable bonds is 5. The zero-order valence-corrected chi connectivity index (χ0v) is 18.8. The first-order valence-electron chi connectivity index (χ1n) is 9.93. The molecule has 5 nitrogen and oxygen atoms in total. The van der Waals surface area contributed by atoms with Gasteiger partial charge in [-0.25, -0.2) is 14.4 Å². The molecule has 9 heteroatoms. The van der Waals surface area contributed by atoms with Gasteiger partial charge < -0.3 is 0 Å². The fraction of sp³-hybridized carbons (Fsp3) is 0.273. The largest absolute Gasteiger partial charge is 0.293 e. The predicted octanol–water partition coefficient (Wildman–Crippen LogP) is 6.10. The van der Waals surface area contributed by atoms with Crippen LogP contribution in [0.4, 0.5) is 4.39 Å². The Labute approximate surface area is 194 Å². The highest BCUT2D eigenvalue weighted by Crippen LogP contribution is 2.34. The molecule has 0 bridgehead atoms. The minimum atomic E-state index is -0.885. The van der Waals surface area contributed by atoms with Gasteiger partial charge >= 0.3 is 0 Å². The van der Waals surface area contributed by atoms with E-state index in [1.807, 2.05) is 5.01 Å². The third-order valence-corrected chi connectivity index (χ3v) is 5.99. The number of halogens is 4. The van der Waals surface area contributed by atoms with Crippen molar-refractivity contribution in [2.45, 2.75) is 25.9 Å². The van der Waals surface area contributed by atoms with Gasteiger partial charge in [0.25, 0.3) is 5.91 Å². The summed E-state index contributed by atoms with van der Waals surface area (Å²) >= 11 is 18.5. The number of carbonyl (C=O) groups is 1. The average molecular weight is 482 g/mol. The van der Waals surface area contributed by atoms with Gasteiger partial charge in [-0.1, -0.05) is 41.2 Å². The molecule has 1 aliphatic rings. The van der Waals surface area contributed by atoms with Crippen LogP contribution in [-0.2, 0) is 6.67 Å². The first-order chi connectivity index (χ1) is 15.0. The van der Waals surface area contributed by atoms with Crippen molar-refractivity contribution < 1.29 is 9.18 Å². The molecule has 0 atom stereocenters. The molecule has 1 fully saturated rings. The van der Waals surface area contributed by atoms with Gasteiger partial charge in [-0.3, -0.25) is 14.8 Å². The van der Waals surface area contributed by atoms with Crippen molar-refractivity contribution in [1.82, 2.24) is 20.0 Å². The summed E-state index contributed by atoms with van der Waals surface area (Å²) in [7, 11) is 0. The lowest BCUT2D eigenvalue weighted by atomic mass is 10.2. The van der Waals surface area contributed by atoms with E-state index in [1.54, 1.807) is 47.0 Å². The zero-order valence-electron chi connectivity index (χ0n) is 16.5. The second kappa shape index (κ2) is 9.57. The molecule has 1 saturated heterocycles. The van der Waals surface area contributed by atoms with E-state index in [0.29, 0.717) is 32.1 Å². The normalized spacial score (nSPS) is 14.6. The summed E-state index contributed by atoms with van der Waals surface area (Å²) in [6.07, 6.45) is 3.13.